The van der Waals surface area contributed by atoms with E-state index in [1.54, 1.807) is 26.3 Å². The molecule has 2 aromatic carbocycles. The first kappa shape index (κ1) is 28.6. The summed E-state index contributed by atoms with van der Waals surface area (Å²) in [7, 11) is 3.28. The van der Waals surface area contributed by atoms with Crippen molar-refractivity contribution in [1.29, 1.82) is 0 Å². The Morgan fingerprint density at radius 3 is 2.49 bits per heavy atom. The molecule has 3 aromatic heterocycles. The molecule has 3 heterocycles. The third-order valence-corrected chi connectivity index (χ3v) is 7.62. The smallest absolute Gasteiger partial charge is 0.355 e. The highest BCUT2D eigenvalue weighted by Crippen LogP contribution is 2.47. The van der Waals surface area contributed by atoms with Gasteiger partial charge in [0.2, 0.25) is 5.95 Å². The van der Waals surface area contributed by atoms with E-state index in [0.717, 1.165) is 27.4 Å². The third-order valence-electron chi connectivity index (χ3n) is 7.31. The molecule has 1 fully saturated rings. The van der Waals surface area contributed by atoms with Crippen LogP contribution in [-0.4, -0.2) is 52.4 Å². The number of hydrogen-bond acceptors (Lipinski definition) is 8. The first-order valence-electron chi connectivity index (χ1n) is 13.2. The number of nitrogens with zero attached hydrogens (tertiary/aromatic N) is 8. The fraction of sp³-hybridized carbons (Fsp3) is 0.333. The highest BCUT2D eigenvalue weighted by molar-refractivity contribution is 6.34. The van der Waals surface area contributed by atoms with E-state index in [1.165, 1.54) is 11.0 Å². The number of ether oxygens (including phenoxy) is 1. The third kappa shape index (κ3) is 5.77. The van der Waals surface area contributed by atoms with E-state index in [0.29, 0.717) is 30.8 Å². The van der Waals surface area contributed by atoms with E-state index < -0.39 is 35.4 Å². The van der Waals surface area contributed by atoms with Gasteiger partial charge in [0.05, 0.1) is 35.9 Å². The van der Waals surface area contributed by atoms with Crippen molar-refractivity contribution in [3.63, 3.8) is 0 Å². The fourth-order valence-electron chi connectivity index (χ4n) is 4.92. The number of anilines is 2. The van der Waals surface area contributed by atoms with Gasteiger partial charge in [-0.2, -0.15) is 15.2 Å². The number of fused-ring (bicyclic) bond motifs is 1. The van der Waals surface area contributed by atoms with Gasteiger partial charge in [0, 0.05) is 49.3 Å². The summed E-state index contributed by atoms with van der Waals surface area (Å²) in [6, 6.07) is 4.32. The molecular formula is C27H25ClF3N9O3. The number of aromatic nitrogens is 8. The van der Waals surface area contributed by atoms with Gasteiger partial charge in [-0.15, -0.1) is 0 Å². The van der Waals surface area contributed by atoms with Gasteiger partial charge in [-0.25, -0.2) is 32.3 Å². The average Bonchev–Trinajstić information content (AvgIpc) is 3.39. The second kappa shape index (κ2) is 11.0. The minimum atomic E-state index is -1.38. The summed E-state index contributed by atoms with van der Waals surface area (Å²) < 4.78 is 52.5. The van der Waals surface area contributed by atoms with Gasteiger partial charge in [0.1, 0.15) is 12.1 Å². The molecule has 1 aliphatic carbocycles. The fourth-order valence-corrected chi connectivity index (χ4v) is 5.13. The molecule has 0 amide bonds. The molecule has 1 N–H and O–H groups in total. The molecule has 0 bridgehead atoms. The van der Waals surface area contributed by atoms with Crippen LogP contribution >= 0.6 is 11.6 Å². The van der Waals surface area contributed by atoms with E-state index in [1.807, 2.05) is 10.9 Å². The maximum absolute atomic E-state index is 14.7. The summed E-state index contributed by atoms with van der Waals surface area (Å²) in [6.45, 7) is 0.371. The number of halogens is 4. The Balaban J connectivity index is 1.40. The van der Waals surface area contributed by atoms with Crippen LogP contribution in [0.25, 0.3) is 10.9 Å². The Hall–Kier alpha value is -4.50. The topological polar surface area (TPSA) is 127 Å². The summed E-state index contributed by atoms with van der Waals surface area (Å²) in [5.41, 5.74) is -1.26. The van der Waals surface area contributed by atoms with E-state index >= 15 is 0 Å². The van der Waals surface area contributed by atoms with Gasteiger partial charge in [-0.05, 0) is 31.0 Å². The number of nitrogens with one attached hydrogen (secondary N) is 1. The lowest BCUT2D eigenvalue weighted by Gasteiger charge is -2.16. The van der Waals surface area contributed by atoms with E-state index in [2.05, 4.69) is 25.5 Å². The Bertz CT molecular complexity index is 1980. The van der Waals surface area contributed by atoms with Crippen molar-refractivity contribution in [1.82, 2.24) is 38.7 Å². The molecule has 0 atom stereocenters. The average molecular weight is 616 g/mol. The minimum Gasteiger partial charge on any atom is -0.384 e. The van der Waals surface area contributed by atoms with Gasteiger partial charge in [-0.3, -0.25) is 13.9 Å². The molecule has 12 nitrogen and oxygen atoms in total. The molecule has 5 aromatic rings. The molecule has 43 heavy (non-hydrogen) atoms. The summed E-state index contributed by atoms with van der Waals surface area (Å²) in [4.78, 5) is 34.7. The normalized spacial score (nSPS) is 14.0. The largest absolute Gasteiger partial charge is 0.384 e. The Morgan fingerprint density at radius 1 is 1.02 bits per heavy atom. The SMILES string of the molecule is COCC1(Cn2cc3cc(Nc4nc(=O)n(Cc5ncn(C)n5)c(=O)n4Cc4cc(F)c(F)cc4F)c(Cl)cc3n2)CC1. The Labute approximate surface area is 246 Å². The van der Waals surface area contributed by atoms with E-state index in [9.17, 15) is 22.8 Å². The number of rotatable bonds is 10. The predicted octanol–water partition coefficient (Wildman–Crippen LogP) is 3.22. The monoisotopic (exact) mass is 615 g/mol. The first-order valence-corrected chi connectivity index (χ1v) is 13.5. The van der Waals surface area contributed by atoms with E-state index in [4.69, 9.17) is 16.3 Å². The van der Waals surface area contributed by atoms with Crippen LogP contribution in [0.4, 0.5) is 24.8 Å². The van der Waals surface area contributed by atoms with Crippen LogP contribution in [0.15, 0.2) is 46.4 Å². The first-order chi connectivity index (χ1) is 20.5. The molecule has 0 saturated heterocycles. The molecule has 6 rings (SSSR count). The molecule has 1 aliphatic rings. The lowest BCUT2D eigenvalue weighted by atomic mass is 10.1. The van der Waals surface area contributed by atoms with Gasteiger partial charge in [0.15, 0.2) is 17.5 Å². The van der Waals surface area contributed by atoms with Crippen LogP contribution in [0.2, 0.25) is 5.02 Å². The zero-order chi connectivity index (χ0) is 30.5. The van der Waals surface area contributed by atoms with Crippen LogP contribution in [0.3, 0.4) is 0 Å². The van der Waals surface area contributed by atoms with Gasteiger partial charge >= 0.3 is 11.4 Å². The van der Waals surface area contributed by atoms with Gasteiger partial charge in [-0.1, -0.05) is 11.6 Å². The number of methoxy groups -OCH3 is 1. The van der Waals surface area contributed by atoms with Crippen molar-refractivity contribution in [2.45, 2.75) is 32.5 Å². The van der Waals surface area contributed by atoms with Crippen LogP contribution in [0.5, 0.6) is 0 Å². The second-order valence-corrected chi connectivity index (χ2v) is 11.0. The summed E-state index contributed by atoms with van der Waals surface area (Å²) >= 11 is 6.55. The Morgan fingerprint density at radius 2 is 1.79 bits per heavy atom. The standard InChI is InChI=1S/C27H25ClF3N9O3/c1-37-14-32-23(36-37)11-40-25(41)34-24(39(26(40)42)10-15-5-19(30)20(31)8-18(15)29)33-22-6-16-9-38(35-21(16)7-17(22)28)12-27(3-4-27)13-43-2/h5-9,14H,3-4,10-13H2,1-2H3,(H,33,34,41). The molecule has 224 valence electrons. The molecule has 1 saturated carbocycles. The van der Waals surface area contributed by atoms with Crippen molar-refractivity contribution in [3.8, 4) is 0 Å². The summed E-state index contributed by atoms with van der Waals surface area (Å²) in [5.74, 6) is -3.92. The number of benzene rings is 2. The van der Waals surface area contributed by atoms with Gasteiger partial charge in [0.25, 0.3) is 0 Å². The Kier molecular flexibility index (Phi) is 7.30. The summed E-state index contributed by atoms with van der Waals surface area (Å²) in [5, 5.41) is 12.5. The van der Waals surface area contributed by atoms with Crippen molar-refractivity contribution < 1.29 is 17.9 Å². The lowest BCUT2D eigenvalue weighted by Crippen LogP contribution is -2.43. The zero-order valence-electron chi connectivity index (χ0n) is 23.0. The van der Waals surface area contributed by atoms with Crippen LogP contribution < -0.4 is 16.7 Å². The predicted molar refractivity (Wildman–Crippen MR) is 150 cm³/mol. The number of hydrogen-bond donors (Lipinski definition) is 1. The van der Waals surface area contributed by atoms with Gasteiger partial charge < -0.3 is 10.1 Å². The highest BCUT2D eigenvalue weighted by Gasteiger charge is 2.43. The maximum atomic E-state index is 14.7. The summed E-state index contributed by atoms with van der Waals surface area (Å²) in [6.07, 6.45) is 5.31. The van der Waals surface area contributed by atoms with Crippen LogP contribution in [0, 0.1) is 22.9 Å². The second-order valence-electron chi connectivity index (χ2n) is 10.6. The van der Waals surface area contributed by atoms with Crippen molar-refractivity contribution >= 4 is 34.1 Å². The van der Waals surface area contributed by atoms with Crippen LogP contribution in [-0.2, 0) is 31.4 Å². The quantitative estimate of drug-likeness (QED) is 0.237. The molecular weight excluding hydrogens is 591 g/mol. The molecule has 0 aliphatic heterocycles. The highest BCUT2D eigenvalue weighted by atomic mass is 35.5. The molecule has 0 spiro atoms. The van der Waals surface area contributed by atoms with Crippen molar-refractivity contribution in [2.75, 3.05) is 19.0 Å². The van der Waals surface area contributed by atoms with Crippen molar-refractivity contribution in [3.05, 3.63) is 91.6 Å². The lowest BCUT2D eigenvalue weighted by molar-refractivity contribution is 0.129. The zero-order valence-corrected chi connectivity index (χ0v) is 23.8. The molecule has 0 radical (unpaired) electrons. The van der Waals surface area contributed by atoms with Crippen LogP contribution in [0.1, 0.15) is 24.2 Å². The maximum Gasteiger partial charge on any atom is 0.355 e. The molecule has 0 unspecified atom stereocenters. The van der Waals surface area contributed by atoms with Crippen molar-refractivity contribution in [2.24, 2.45) is 12.5 Å². The van der Waals surface area contributed by atoms with E-state index in [-0.39, 0.29) is 40.0 Å². The minimum absolute atomic E-state index is 0.0471. The number of aryl methyl sites for hydroxylation is 1. The molecule has 16 heteroatoms.